The highest BCUT2D eigenvalue weighted by molar-refractivity contribution is 5.69. The highest BCUT2D eigenvalue weighted by Gasteiger charge is 2.39. The first-order valence-corrected chi connectivity index (χ1v) is 18.4. The quantitative estimate of drug-likeness (QED) is 0.0401. The Hall–Kier alpha value is -1.48. The van der Waals surface area contributed by atoms with Crippen LogP contribution in [0.15, 0.2) is 12.2 Å². The monoisotopic (exact) mass is 640 g/mol. The Morgan fingerprint density at radius 2 is 1.22 bits per heavy atom. The fraction of sp³-hybridized carbons (Fsp3) is 0.892. The Bertz CT molecular complexity index is 770. The van der Waals surface area contributed by atoms with E-state index in [-0.39, 0.29) is 43.4 Å². The molecule has 8 nitrogen and oxygen atoms in total. The van der Waals surface area contributed by atoms with E-state index in [9.17, 15) is 30.0 Å². The first-order valence-electron chi connectivity index (χ1n) is 18.4. The summed E-state index contributed by atoms with van der Waals surface area (Å²) in [5.74, 6) is -0.0858. The van der Waals surface area contributed by atoms with Gasteiger partial charge in [-0.15, -0.1) is 0 Å². The molecule has 0 unspecified atom stereocenters. The van der Waals surface area contributed by atoms with Gasteiger partial charge in [0, 0.05) is 25.2 Å². The highest BCUT2D eigenvalue weighted by atomic mass is 16.6. The maximum atomic E-state index is 12.1. The third kappa shape index (κ3) is 21.9. The lowest BCUT2D eigenvalue weighted by atomic mass is 9.88. The molecule has 1 fully saturated rings. The average molecular weight is 641 g/mol. The van der Waals surface area contributed by atoms with E-state index in [2.05, 4.69) is 20.8 Å². The zero-order valence-corrected chi connectivity index (χ0v) is 28.9. The van der Waals surface area contributed by atoms with Crippen LogP contribution in [0.2, 0.25) is 0 Å². The molecule has 0 bridgehead atoms. The van der Waals surface area contributed by atoms with E-state index < -0.39 is 24.4 Å². The Morgan fingerprint density at radius 1 is 0.711 bits per heavy atom. The van der Waals surface area contributed by atoms with Gasteiger partial charge in [0.05, 0.1) is 18.3 Å². The van der Waals surface area contributed by atoms with Gasteiger partial charge in [0.25, 0.3) is 0 Å². The maximum Gasteiger partial charge on any atom is 0.305 e. The molecule has 0 heterocycles. The van der Waals surface area contributed by atoms with E-state index in [0.29, 0.717) is 25.7 Å². The summed E-state index contributed by atoms with van der Waals surface area (Å²) in [6.45, 7) is 6.31. The second-order valence-corrected chi connectivity index (χ2v) is 13.8. The van der Waals surface area contributed by atoms with Crippen LogP contribution >= 0.6 is 0 Å². The molecule has 1 aliphatic carbocycles. The summed E-state index contributed by atoms with van der Waals surface area (Å²) in [5.41, 5.74) is 0. The first kappa shape index (κ1) is 41.5. The van der Waals surface area contributed by atoms with Gasteiger partial charge in [-0.05, 0) is 37.5 Å². The lowest BCUT2D eigenvalue weighted by molar-refractivity contribution is -0.152. The number of hydrogen-bond acceptors (Lipinski definition) is 8. The number of rotatable bonds is 28. The molecule has 0 saturated heterocycles. The van der Waals surface area contributed by atoms with Gasteiger partial charge >= 0.3 is 11.9 Å². The van der Waals surface area contributed by atoms with Crippen molar-refractivity contribution in [2.45, 2.75) is 180 Å². The predicted octanol–water partition coefficient (Wildman–Crippen LogP) is 7.19. The average Bonchev–Trinajstić information content (AvgIpc) is 3.27. The van der Waals surface area contributed by atoms with Crippen LogP contribution in [0, 0.1) is 17.8 Å². The van der Waals surface area contributed by atoms with E-state index in [1.54, 1.807) is 6.08 Å². The number of carbonyl (C=O) groups is 2. The summed E-state index contributed by atoms with van der Waals surface area (Å²) in [4.78, 5) is 24.0. The largest absolute Gasteiger partial charge is 0.463 e. The van der Waals surface area contributed by atoms with Crippen LogP contribution in [0.5, 0.6) is 0 Å². The second-order valence-electron chi connectivity index (χ2n) is 13.8. The van der Waals surface area contributed by atoms with Crippen LogP contribution in [0.3, 0.4) is 0 Å². The SMILES string of the molecule is CCCCC[C@H](O)/C=C/[C@@H]1[C@@H](CCCCCCC(=O)OC[C@H](O)COC(=O)CCCCCCCCCCC(C)C)[C@@H](O)C[C@H]1O. The van der Waals surface area contributed by atoms with Crippen molar-refractivity contribution in [1.82, 2.24) is 0 Å². The molecule has 8 heteroatoms. The lowest BCUT2D eigenvalue weighted by Crippen LogP contribution is -2.25. The topological polar surface area (TPSA) is 134 Å². The molecule has 0 amide bonds. The number of ether oxygens (including phenoxy) is 2. The van der Waals surface area contributed by atoms with E-state index >= 15 is 0 Å². The minimum atomic E-state index is -1.03. The third-order valence-electron chi connectivity index (χ3n) is 9.03. The molecule has 1 aliphatic rings. The third-order valence-corrected chi connectivity index (χ3v) is 9.03. The van der Waals surface area contributed by atoms with E-state index in [4.69, 9.17) is 9.47 Å². The van der Waals surface area contributed by atoms with Crippen LogP contribution in [0.4, 0.5) is 0 Å². The van der Waals surface area contributed by atoms with Crippen LogP contribution < -0.4 is 0 Å². The normalized spacial score (nSPS) is 21.4. The predicted molar refractivity (Wildman–Crippen MR) is 180 cm³/mol. The number of aliphatic hydroxyl groups excluding tert-OH is 4. The van der Waals surface area contributed by atoms with Gasteiger partial charge in [0.2, 0.25) is 0 Å². The molecule has 264 valence electrons. The summed E-state index contributed by atoms with van der Waals surface area (Å²) in [6.07, 6.45) is 20.6. The van der Waals surface area contributed by atoms with Crippen molar-refractivity contribution in [2.75, 3.05) is 13.2 Å². The zero-order chi connectivity index (χ0) is 33.3. The smallest absolute Gasteiger partial charge is 0.305 e. The standard InChI is InChI=1S/C37H68O8/c1-4-5-14-20-30(38)24-25-33-32(34(40)26-35(33)41)21-16-12-13-18-23-37(43)45-28-31(39)27-44-36(42)22-17-11-9-7-6-8-10-15-19-29(2)3/h24-25,29-35,38-41H,4-23,26-28H2,1-3H3/b25-24+/t30-,31+,32+,33+,34-,35+/m0/s1. The number of aliphatic hydroxyl groups is 4. The summed E-state index contributed by atoms with van der Waals surface area (Å²) < 4.78 is 10.3. The van der Waals surface area contributed by atoms with Gasteiger partial charge in [0.1, 0.15) is 19.3 Å². The Balaban J connectivity index is 2.06. The van der Waals surface area contributed by atoms with Gasteiger partial charge in [-0.1, -0.05) is 123 Å². The van der Waals surface area contributed by atoms with E-state index in [1.807, 2.05) is 6.08 Å². The molecule has 0 radical (unpaired) electrons. The Morgan fingerprint density at radius 3 is 1.78 bits per heavy atom. The minimum Gasteiger partial charge on any atom is -0.463 e. The van der Waals surface area contributed by atoms with Crippen molar-refractivity contribution < 1.29 is 39.5 Å². The summed E-state index contributed by atoms with van der Waals surface area (Å²) in [5, 5.41) is 41.1. The van der Waals surface area contributed by atoms with Gasteiger partial charge in [-0.25, -0.2) is 0 Å². The molecule has 1 rings (SSSR count). The van der Waals surface area contributed by atoms with Crippen LogP contribution in [-0.2, 0) is 19.1 Å². The van der Waals surface area contributed by atoms with Crippen molar-refractivity contribution in [3.05, 3.63) is 12.2 Å². The summed E-state index contributed by atoms with van der Waals surface area (Å²) in [7, 11) is 0. The Kier molecular flexibility index (Phi) is 24.5. The fourth-order valence-electron chi connectivity index (χ4n) is 6.19. The zero-order valence-electron chi connectivity index (χ0n) is 28.9. The van der Waals surface area contributed by atoms with Gasteiger partial charge in [-0.2, -0.15) is 0 Å². The van der Waals surface area contributed by atoms with Crippen molar-refractivity contribution in [1.29, 1.82) is 0 Å². The molecular weight excluding hydrogens is 572 g/mol. The van der Waals surface area contributed by atoms with Crippen LogP contribution in [0.25, 0.3) is 0 Å². The fourth-order valence-corrected chi connectivity index (χ4v) is 6.19. The van der Waals surface area contributed by atoms with Gasteiger partial charge < -0.3 is 29.9 Å². The van der Waals surface area contributed by atoms with Crippen molar-refractivity contribution >= 4 is 11.9 Å². The molecule has 0 aliphatic heterocycles. The number of hydrogen-bond donors (Lipinski definition) is 4. The van der Waals surface area contributed by atoms with Gasteiger partial charge in [0.15, 0.2) is 0 Å². The van der Waals surface area contributed by atoms with Crippen molar-refractivity contribution in [3.63, 3.8) is 0 Å². The molecule has 4 N–H and O–H groups in total. The molecule has 45 heavy (non-hydrogen) atoms. The maximum absolute atomic E-state index is 12.1. The molecule has 0 spiro atoms. The minimum absolute atomic E-state index is 0.0289. The second kappa shape index (κ2) is 26.6. The van der Waals surface area contributed by atoms with Gasteiger partial charge in [-0.3, -0.25) is 9.59 Å². The molecule has 0 aromatic heterocycles. The molecular formula is C37H68O8. The van der Waals surface area contributed by atoms with Crippen LogP contribution in [0.1, 0.15) is 156 Å². The number of carbonyl (C=O) groups excluding carboxylic acids is 2. The van der Waals surface area contributed by atoms with Crippen LogP contribution in [-0.4, -0.2) is 70.0 Å². The van der Waals surface area contributed by atoms with E-state index in [1.165, 1.54) is 38.5 Å². The lowest BCUT2D eigenvalue weighted by Gasteiger charge is -2.21. The first-order chi connectivity index (χ1) is 21.6. The summed E-state index contributed by atoms with van der Waals surface area (Å²) in [6, 6.07) is 0. The Labute approximate surface area is 274 Å². The van der Waals surface area contributed by atoms with Crippen molar-refractivity contribution in [2.24, 2.45) is 17.8 Å². The van der Waals surface area contributed by atoms with E-state index in [0.717, 1.165) is 70.1 Å². The number of unbranched alkanes of at least 4 members (excludes halogenated alkanes) is 12. The molecule has 1 saturated carbocycles. The van der Waals surface area contributed by atoms with Crippen molar-refractivity contribution in [3.8, 4) is 0 Å². The highest BCUT2D eigenvalue weighted by Crippen LogP contribution is 2.37. The molecule has 6 atom stereocenters. The number of esters is 2. The molecule has 0 aromatic carbocycles. The molecule has 0 aromatic rings. The summed E-state index contributed by atoms with van der Waals surface area (Å²) >= 11 is 0.